The Labute approximate surface area is 188 Å². The van der Waals surface area contributed by atoms with Crippen LogP contribution in [-0.2, 0) is 4.79 Å². The summed E-state index contributed by atoms with van der Waals surface area (Å²) in [7, 11) is 1.58. The van der Waals surface area contributed by atoms with E-state index in [0.717, 1.165) is 50.3 Å². The van der Waals surface area contributed by atoms with Gasteiger partial charge < -0.3 is 24.4 Å². The Morgan fingerprint density at radius 1 is 1.12 bits per heavy atom. The van der Waals surface area contributed by atoms with Gasteiger partial charge in [-0.2, -0.15) is 0 Å². The molecule has 6 nitrogen and oxygen atoms in total. The van der Waals surface area contributed by atoms with Crippen LogP contribution in [0, 0.1) is 11.7 Å². The number of methoxy groups -OCH3 is 1. The molecule has 2 saturated heterocycles. The number of carboxylic acid groups (broad SMARTS) is 1. The smallest absolute Gasteiger partial charge is 0.305 e. The maximum absolute atomic E-state index is 14.3. The molecule has 2 aromatic carbocycles. The zero-order chi connectivity index (χ0) is 22.7. The quantitative estimate of drug-likeness (QED) is 0.678. The summed E-state index contributed by atoms with van der Waals surface area (Å²) in [6.07, 6.45) is 2.76. The number of nitrogens with zero attached hydrogens (tertiary/aromatic N) is 2. The van der Waals surface area contributed by atoms with Crippen LogP contribution in [0.15, 0.2) is 42.5 Å². The zero-order valence-corrected chi connectivity index (χ0v) is 18.7. The monoisotopic (exact) mass is 442 g/mol. The number of rotatable bonds is 7. The van der Waals surface area contributed by atoms with Crippen molar-refractivity contribution in [1.82, 2.24) is 0 Å². The van der Waals surface area contributed by atoms with Crippen molar-refractivity contribution in [3.05, 3.63) is 48.3 Å². The number of piperidine rings is 1. The Kier molecular flexibility index (Phi) is 6.72. The lowest BCUT2D eigenvalue weighted by Crippen LogP contribution is -2.38. The first-order chi connectivity index (χ1) is 15.4. The minimum absolute atomic E-state index is 0.0376. The first kappa shape index (κ1) is 22.2. The van der Waals surface area contributed by atoms with Crippen LogP contribution < -0.4 is 19.3 Å². The van der Waals surface area contributed by atoms with E-state index in [1.165, 1.54) is 6.07 Å². The van der Waals surface area contributed by atoms with Crippen LogP contribution in [0.5, 0.6) is 11.5 Å². The molecule has 1 N–H and O–H groups in total. The number of anilines is 2. The van der Waals surface area contributed by atoms with Crippen molar-refractivity contribution in [3.63, 3.8) is 0 Å². The number of benzene rings is 2. The lowest BCUT2D eigenvalue weighted by atomic mass is 10.1. The Balaban J connectivity index is 1.33. The maximum Gasteiger partial charge on any atom is 0.305 e. The molecular formula is C25H31FN2O4. The van der Waals surface area contributed by atoms with Crippen molar-refractivity contribution in [2.24, 2.45) is 5.92 Å². The van der Waals surface area contributed by atoms with Crippen molar-refractivity contribution in [1.29, 1.82) is 0 Å². The average molecular weight is 443 g/mol. The minimum Gasteiger partial charge on any atom is -0.497 e. The van der Waals surface area contributed by atoms with Gasteiger partial charge >= 0.3 is 5.97 Å². The normalized spacial score (nSPS) is 21.6. The van der Waals surface area contributed by atoms with Gasteiger partial charge in [0, 0.05) is 50.3 Å². The van der Waals surface area contributed by atoms with Gasteiger partial charge in [0.15, 0.2) is 0 Å². The molecule has 0 spiro atoms. The average Bonchev–Trinajstić information content (AvgIpc) is 3.14. The van der Waals surface area contributed by atoms with E-state index in [-0.39, 0.29) is 24.4 Å². The van der Waals surface area contributed by atoms with E-state index in [1.807, 2.05) is 29.2 Å². The van der Waals surface area contributed by atoms with Gasteiger partial charge in [-0.05, 0) is 48.7 Å². The summed E-state index contributed by atoms with van der Waals surface area (Å²) < 4.78 is 25.7. The van der Waals surface area contributed by atoms with Crippen LogP contribution in [0.25, 0.3) is 0 Å². The lowest BCUT2D eigenvalue weighted by molar-refractivity contribution is -0.137. The summed E-state index contributed by atoms with van der Waals surface area (Å²) in [5, 5.41) is 9.21. The largest absolute Gasteiger partial charge is 0.497 e. The number of carboxylic acids is 1. The van der Waals surface area contributed by atoms with Gasteiger partial charge in [-0.1, -0.05) is 6.92 Å². The third-order valence-electron chi connectivity index (χ3n) is 6.44. The van der Waals surface area contributed by atoms with Crippen molar-refractivity contribution in [2.45, 2.75) is 44.8 Å². The fraction of sp³-hybridized carbons (Fsp3) is 0.480. The Morgan fingerprint density at radius 3 is 2.47 bits per heavy atom. The van der Waals surface area contributed by atoms with Gasteiger partial charge in [-0.3, -0.25) is 4.79 Å². The Morgan fingerprint density at radius 2 is 1.81 bits per heavy atom. The standard InChI is InChI=1S/C25H31FN2O4/c1-17-13-19(14-25(29)30)28(16-17)18-3-5-20(6-4-18)32-21-9-11-27(12-10-21)24-15-22(31-2)7-8-23(24)26/h3-8,15,17,19,21H,9-14,16H2,1-2H3,(H,29,30)/t17-,19-/m1/s1. The summed E-state index contributed by atoms with van der Waals surface area (Å²) in [5.74, 6) is 0.946. The highest BCUT2D eigenvalue weighted by Crippen LogP contribution is 2.33. The van der Waals surface area contributed by atoms with Gasteiger partial charge in [-0.25, -0.2) is 4.39 Å². The first-order valence-corrected chi connectivity index (χ1v) is 11.3. The number of ether oxygens (including phenoxy) is 2. The van der Waals surface area contributed by atoms with E-state index < -0.39 is 5.97 Å². The third-order valence-corrected chi connectivity index (χ3v) is 6.44. The minimum atomic E-state index is -0.755. The molecule has 0 saturated carbocycles. The highest BCUT2D eigenvalue weighted by Gasteiger charge is 2.31. The fourth-order valence-electron chi connectivity index (χ4n) is 4.85. The first-order valence-electron chi connectivity index (χ1n) is 11.3. The van der Waals surface area contributed by atoms with Crippen LogP contribution >= 0.6 is 0 Å². The molecule has 2 aliphatic heterocycles. The fourth-order valence-corrected chi connectivity index (χ4v) is 4.85. The molecule has 172 valence electrons. The molecule has 2 fully saturated rings. The number of hydrogen-bond donors (Lipinski definition) is 1. The molecular weight excluding hydrogens is 411 g/mol. The van der Waals surface area contributed by atoms with E-state index in [0.29, 0.717) is 17.4 Å². The third kappa shape index (κ3) is 5.09. The van der Waals surface area contributed by atoms with Crippen molar-refractivity contribution < 1.29 is 23.8 Å². The van der Waals surface area contributed by atoms with Crippen LogP contribution in [0.2, 0.25) is 0 Å². The molecule has 2 aromatic rings. The van der Waals surface area contributed by atoms with Crippen molar-refractivity contribution in [2.75, 3.05) is 36.5 Å². The van der Waals surface area contributed by atoms with Gasteiger partial charge in [-0.15, -0.1) is 0 Å². The van der Waals surface area contributed by atoms with Crippen molar-refractivity contribution >= 4 is 17.3 Å². The molecule has 0 radical (unpaired) electrons. The summed E-state index contributed by atoms with van der Waals surface area (Å²) in [5.41, 5.74) is 1.61. The van der Waals surface area contributed by atoms with E-state index in [2.05, 4.69) is 11.8 Å². The topological polar surface area (TPSA) is 62.2 Å². The molecule has 2 aliphatic rings. The van der Waals surface area contributed by atoms with Gasteiger partial charge in [0.25, 0.3) is 0 Å². The molecule has 32 heavy (non-hydrogen) atoms. The summed E-state index contributed by atoms with van der Waals surface area (Å²) in [6, 6.07) is 12.8. The second-order valence-corrected chi connectivity index (χ2v) is 8.86. The highest BCUT2D eigenvalue weighted by atomic mass is 19.1. The van der Waals surface area contributed by atoms with E-state index in [9.17, 15) is 14.3 Å². The predicted octanol–water partition coefficient (Wildman–Crippen LogP) is 4.57. The maximum atomic E-state index is 14.3. The predicted molar refractivity (Wildman–Crippen MR) is 122 cm³/mol. The second kappa shape index (κ2) is 9.67. The zero-order valence-electron chi connectivity index (χ0n) is 18.7. The highest BCUT2D eigenvalue weighted by molar-refractivity contribution is 5.69. The molecule has 4 rings (SSSR count). The number of aliphatic carboxylic acids is 1. The Hall–Kier alpha value is -2.96. The van der Waals surface area contributed by atoms with E-state index >= 15 is 0 Å². The van der Waals surface area contributed by atoms with Crippen LogP contribution in [-0.4, -0.2) is 50.0 Å². The summed E-state index contributed by atoms with van der Waals surface area (Å²) in [4.78, 5) is 15.4. The molecule has 0 aromatic heterocycles. The Bertz CT molecular complexity index is 928. The molecule has 0 amide bonds. The van der Waals surface area contributed by atoms with E-state index in [1.54, 1.807) is 19.2 Å². The summed E-state index contributed by atoms with van der Waals surface area (Å²) in [6.45, 7) is 4.47. The van der Waals surface area contributed by atoms with Crippen LogP contribution in [0.4, 0.5) is 15.8 Å². The molecule has 0 bridgehead atoms. The lowest BCUT2D eigenvalue weighted by Gasteiger charge is -2.34. The number of carbonyl (C=O) groups is 1. The van der Waals surface area contributed by atoms with Gasteiger partial charge in [0.05, 0.1) is 19.2 Å². The molecule has 2 atom stereocenters. The molecule has 0 aliphatic carbocycles. The molecule has 0 unspecified atom stereocenters. The van der Waals surface area contributed by atoms with E-state index in [4.69, 9.17) is 9.47 Å². The van der Waals surface area contributed by atoms with Gasteiger partial charge in [0.2, 0.25) is 0 Å². The number of halogens is 1. The number of hydrogen-bond acceptors (Lipinski definition) is 5. The van der Waals surface area contributed by atoms with Crippen molar-refractivity contribution in [3.8, 4) is 11.5 Å². The van der Waals surface area contributed by atoms with Crippen LogP contribution in [0.3, 0.4) is 0 Å². The summed E-state index contributed by atoms with van der Waals surface area (Å²) >= 11 is 0. The SMILES string of the molecule is COc1ccc(F)c(N2CCC(Oc3ccc(N4C[C@H](C)C[C@@H]4CC(=O)O)cc3)CC2)c1. The van der Waals surface area contributed by atoms with Crippen LogP contribution in [0.1, 0.15) is 32.6 Å². The van der Waals surface area contributed by atoms with Gasteiger partial charge in [0.1, 0.15) is 23.4 Å². The second-order valence-electron chi connectivity index (χ2n) is 8.86. The molecule has 7 heteroatoms. The molecule has 2 heterocycles.